The summed E-state index contributed by atoms with van der Waals surface area (Å²) in [5.41, 5.74) is 0.151. The zero-order valence-electron chi connectivity index (χ0n) is 40.0. The van der Waals surface area contributed by atoms with Crippen LogP contribution in [0.2, 0.25) is 0 Å². The van der Waals surface area contributed by atoms with Gasteiger partial charge >= 0.3 is 8.60 Å². The number of carbonyl (C=O) groups is 4. The van der Waals surface area contributed by atoms with Gasteiger partial charge in [0.2, 0.25) is 0 Å². The van der Waals surface area contributed by atoms with E-state index in [0.29, 0.717) is 45.3 Å². The SMILES string of the molecule is COc1ccc(C(C)=O)c(OP(Oc2cc(OC)ccc2C(C)=O)OC(c2ccccc2)(c2ccccc2)c2c(OP([O-])[O-])ccc(-c3cc(OC)ccc3C(C)=O)c2-c2cc(OC)ccc2C(C)=O)c1. The molecule has 0 amide bonds. The van der Waals surface area contributed by atoms with Crippen LogP contribution in [0.4, 0.5) is 0 Å². The third-order valence-electron chi connectivity index (χ3n) is 11.5. The predicted molar refractivity (Wildman–Crippen MR) is 266 cm³/mol. The van der Waals surface area contributed by atoms with Crippen molar-refractivity contribution in [1.29, 1.82) is 0 Å². The third-order valence-corrected chi connectivity index (χ3v) is 13.0. The first-order valence-electron chi connectivity index (χ1n) is 21.9. The van der Waals surface area contributed by atoms with Gasteiger partial charge in [0.25, 0.3) is 0 Å². The van der Waals surface area contributed by atoms with E-state index in [0.717, 1.165) is 0 Å². The van der Waals surface area contributed by atoms with E-state index in [1.54, 1.807) is 115 Å². The lowest BCUT2D eigenvalue weighted by Crippen LogP contribution is -2.34. The summed E-state index contributed by atoms with van der Waals surface area (Å²) in [6, 6.07) is 39.4. The molecule has 0 unspecified atom stereocenters. The summed E-state index contributed by atoms with van der Waals surface area (Å²) in [6.07, 6.45) is 0. The minimum absolute atomic E-state index is 0.0192. The predicted octanol–water partition coefficient (Wildman–Crippen LogP) is 10.9. The van der Waals surface area contributed by atoms with Crippen molar-refractivity contribution in [3.8, 4) is 62.5 Å². The monoisotopic (exact) mass is 994 g/mol. The molecule has 0 aliphatic rings. The fraction of sp³-hybridized carbons (Fsp3) is 0.164. The van der Waals surface area contributed by atoms with Crippen LogP contribution in [0, 0.1) is 0 Å². The highest BCUT2D eigenvalue weighted by atomic mass is 31.2. The number of Topliss-reactive ketones (excluding diaryl/α,β-unsaturated/α-hetero) is 4. The highest BCUT2D eigenvalue weighted by Crippen LogP contribution is 2.60. The normalized spacial score (nSPS) is 11.2. The zero-order chi connectivity index (χ0) is 51.0. The minimum atomic E-state index is -3.69. The molecule has 0 aromatic heterocycles. The van der Waals surface area contributed by atoms with E-state index in [4.69, 9.17) is 37.0 Å². The molecule has 364 valence electrons. The van der Waals surface area contributed by atoms with Crippen molar-refractivity contribution in [2.75, 3.05) is 28.4 Å². The molecule has 0 saturated carbocycles. The summed E-state index contributed by atoms with van der Waals surface area (Å²) < 4.78 is 49.7. The van der Waals surface area contributed by atoms with Gasteiger partial charge < -0.3 is 42.3 Å². The molecule has 7 aromatic rings. The summed E-state index contributed by atoms with van der Waals surface area (Å²) in [5.74, 6) is -0.536. The maximum Gasteiger partial charge on any atom is 0.464 e. The van der Waals surface area contributed by atoms with E-state index in [2.05, 4.69) is 0 Å². The Morgan fingerprint density at radius 2 is 0.817 bits per heavy atom. The van der Waals surface area contributed by atoms with Gasteiger partial charge in [-0.3, -0.25) is 23.7 Å². The zero-order valence-corrected chi connectivity index (χ0v) is 41.8. The molecule has 0 saturated heterocycles. The standard InChI is InChI=1S/C55H48O14P2/c1-33(56)43-23-19-39(62-5)29-48(43)47-27-28-50(66-70(60)61)54(53(47)49-30-40(63-6)20-24-44(49)34(2)57)55(37-15-11-9-12-16-37,38-17-13-10-14-18-38)69-71(67-51-31-41(64-7)21-25-45(51)35(3)58)68-52-32-42(65-8)22-26-46(52)36(4)59/h9-32H,1-8H3/q-2. The first-order valence-corrected chi connectivity index (χ1v) is 24.1. The molecular formula is C55H48O14P2-2. The number of benzene rings is 7. The Bertz CT molecular complexity index is 3000. The molecule has 0 aliphatic heterocycles. The second-order valence-electron chi connectivity index (χ2n) is 15.9. The van der Waals surface area contributed by atoms with Gasteiger partial charge in [-0.2, -0.15) is 0 Å². The van der Waals surface area contributed by atoms with Gasteiger partial charge in [0.15, 0.2) is 28.7 Å². The first-order chi connectivity index (χ1) is 34.1. The molecule has 7 aromatic carbocycles. The van der Waals surface area contributed by atoms with Crippen LogP contribution in [0.1, 0.15) is 85.8 Å². The topological polar surface area (TPSA) is 188 Å². The van der Waals surface area contributed by atoms with Crippen molar-refractivity contribution in [3.63, 3.8) is 0 Å². The smallest absolute Gasteiger partial charge is 0.464 e. The Morgan fingerprint density at radius 3 is 1.23 bits per heavy atom. The van der Waals surface area contributed by atoms with Crippen LogP contribution in [0.5, 0.6) is 40.2 Å². The molecule has 0 aliphatic carbocycles. The Labute approximate surface area is 413 Å². The van der Waals surface area contributed by atoms with Crippen molar-refractivity contribution in [2.45, 2.75) is 33.3 Å². The van der Waals surface area contributed by atoms with Gasteiger partial charge in [0.1, 0.15) is 40.2 Å². The number of carbonyl (C=O) groups excluding carboxylic acids is 4. The van der Waals surface area contributed by atoms with E-state index >= 15 is 0 Å². The van der Waals surface area contributed by atoms with E-state index in [9.17, 15) is 29.0 Å². The fourth-order valence-corrected chi connectivity index (χ4v) is 9.78. The van der Waals surface area contributed by atoms with E-state index in [-0.39, 0.29) is 79.3 Å². The molecule has 71 heavy (non-hydrogen) atoms. The largest absolute Gasteiger partial charge is 0.810 e. The van der Waals surface area contributed by atoms with Crippen molar-refractivity contribution < 1.29 is 66.0 Å². The van der Waals surface area contributed by atoms with Gasteiger partial charge in [-0.05, 0) is 122 Å². The second-order valence-corrected chi connectivity index (χ2v) is 17.5. The van der Waals surface area contributed by atoms with Crippen molar-refractivity contribution in [2.24, 2.45) is 0 Å². The maximum atomic E-state index is 14.0. The summed E-state index contributed by atoms with van der Waals surface area (Å²) in [6.45, 7) is 5.50. The lowest BCUT2D eigenvalue weighted by molar-refractivity contribution is -0.310. The average molecular weight is 995 g/mol. The van der Waals surface area contributed by atoms with Crippen molar-refractivity contribution in [3.05, 3.63) is 185 Å². The van der Waals surface area contributed by atoms with E-state index in [1.165, 1.54) is 86.5 Å². The number of methoxy groups -OCH3 is 4. The van der Waals surface area contributed by atoms with Gasteiger partial charge in [0.05, 0.1) is 39.6 Å². The van der Waals surface area contributed by atoms with Gasteiger partial charge in [-0.1, -0.05) is 75.3 Å². The highest BCUT2D eigenvalue weighted by molar-refractivity contribution is 7.42. The molecule has 0 radical (unpaired) electrons. The Morgan fingerprint density at radius 1 is 0.423 bits per heavy atom. The quantitative estimate of drug-likeness (QED) is 0.0376. The molecular weight excluding hydrogens is 947 g/mol. The molecule has 0 fully saturated rings. The maximum absolute atomic E-state index is 14.0. The Kier molecular flexibility index (Phi) is 16.3. The number of hydrogen-bond donors (Lipinski definition) is 0. The third kappa shape index (κ3) is 11.0. The molecule has 7 rings (SSSR count). The second kappa shape index (κ2) is 22.5. The molecule has 0 bridgehead atoms. The summed E-state index contributed by atoms with van der Waals surface area (Å²) in [5, 5.41) is 0. The van der Waals surface area contributed by atoms with Gasteiger partial charge in [0, 0.05) is 34.4 Å². The molecule has 0 N–H and O–H groups in total. The first kappa shape index (κ1) is 51.4. The summed E-state index contributed by atoms with van der Waals surface area (Å²) >= 11 is 0. The molecule has 0 spiro atoms. The van der Waals surface area contributed by atoms with E-state index in [1.807, 2.05) is 0 Å². The van der Waals surface area contributed by atoms with Crippen LogP contribution < -0.4 is 42.3 Å². The van der Waals surface area contributed by atoms with Crippen LogP contribution in [-0.2, 0) is 10.1 Å². The van der Waals surface area contributed by atoms with Crippen LogP contribution in [0.25, 0.3) is 22.3 Å². The summed E-state index contributed by atoms with van der Waals surface area (Å²) in [4.78, 5) is 80.7. The van der Waals surface area contributed by atoms with Crippen LogP contribution in [0.3, 0.4) is 0 Å². The van der Waals surface area contributed by atoms with Crippen molar-refractivity contribution >= 4 is 40.3 Å². The highest BCUT2D eigenvalue weighted by Gasteiger charge is 2.48. The van der Waals surface area contributed by atoms with Crippen molar-refractivity contribution in [1.82, 2.24) is 0 Å². The lowest BCUT2D eigenvalue weighted by Gasteiger charge is -2.41. The van der Waals surface area contributed by atoms with Gasteiger partial charge in [-0.25, -0.2) is 0 Å². The molecule has 0 atom stereocenters. The number of ketones is 4. The minimum Gasteiger partial charge on any atom is -0.810 e. The number of hydrogen-bond acceptors (Lipinski definition) is 14. The Hall–Kier alpha value is -7.44. The van der Waals surface area contributed by atoms with E-state index < -0.39 is 22.8 Å². The molecule has 14 nitrogen and oxygen atoms in total. The number of rotatable bonds is 21. The van der Waals surface area contributed by atoms with Crippen LogP contribution in [0.15, 0.2) is 146 Å². The summed E-state index contributed by atoms with van der Waals surface area (Å²) in [7, 11) is -0.886. The van der Waals surface area contributed by atoms with Crippen LogP contribution >= 0.6 is 17.2 Å². The Balaban J connectivity index is 1.74. The molecule has 0 heterocycles. The molecule has 16 heteroatoms. The van der Waals surface area contributed by atoms with Gasteiger partial charge in [-0.15, -0.1) is 0 Å². The average Bonchev–Trinajstić information content (AvgIpc) is 3.37. The lowest BCUT2D eigenvalue weighted by atomic mass is 9.74. The number of ether oxygens (including phenoxy) is 4. The van der Waals surface area contributed by atoms with Crippen LogP contribution in [-0.4, -0.2) is 51.6 Å². The fourth-order valence-electron chi connectivity index (χ4n) is 8.21.